The molecule has 4 nitrogen and oxygen atoms in total. The molecular formula is C12H16FN3O. The summed E-state index contributed by atoms with van der Waals surface area (Å²) in [7, 11) is 1.49. The Balaban J connectivity index is 2.17. The fourth-order valence-corrected chi connectivity index (χ4v) is 2.05. The molecule has 1 heterocycles. The Morgan fingerprint density at radius 2 is 2.29 bits per heavy atom. The van der Waals surface area contributed by atoms with Gasteiger partial charge in [-0.3, -0.25) is 4.79 Å². The van der Waals surface area contributed by atoms with Crippen LogP contribution in [0, 0.1) is 12.9 Å². The van der Waals surface area contributed by atoms with Crippen molar-refractivity contribution in [2.24, 2.45) is 7.05 Å². The number of carbonyl (C=O) groups excluding carboxylic acids is 1. The lowest BCUT2D eigenvalue weighted by Gasteiger charge is -2.13. The summed E-state index contributed by atoms with van der Waals surface area (Å²) in [6.45, 7) is 1.63. The second kappa shape index (κ2) is 4.69. The van der Waals surface area contributed by atoms with E-state index < -0.39 is 11.9 Å². The number of carbonyl (C=O) groups is 1. The molecule has 1 amide bonds. The van der Waals surface area contributed by atoms with E-state index in [0.717, 1.165) is 36.1 Å². The van der Waals surface area contributed by atoms with E-state index in [9.17, 15) is 9.18 Å². The van der Waals surface area contributed by atoms with E-state index >= 15 is 0 Å². The van der Waals surface area contributed by atoms with E-state index in [-0.39, 0.29) is 5.56 Å². The minimum atomic E-state index is -0.587. The van der Waals surface area contributed by atoms with Gasteiger partial charge in [-0.2, -0.15) is 9.49 Å². The van der Waals surface area contributed by atoms with Gasteiger partial charge in [-0.05, 0) is 32.6 Å². The standard InChI is InChI=1S/C12H16FN3O/c1-8-10(11(13)16(2)15-8)12(17)14-9-6-4-3-5-7-9/h6H,3-5,7H2,1-2H3,(H,14,17). The molecule has 1 aliphatic rings. The van der Waals surface area contributed by atoms with Crippen molar-refractivity contribution in [3.8, 4) is 0 Å². The first-order valence-electron chi connectivity index (χ1n) is 5.79. The summed E-state index contributed by atoms with van der Waals surface area (Å²) in [6, 6.07) is 0. The average Bonchev–Trinajstić information content (AvgIpc) is 2.54. The number of allylic oxidation sites excluding steroid dienone is 2. The minimum Gasteiger partial charge on any atom is -0.326 e. The lowest BCUT2D eigenvalue weighted by molar-refractivity contribution is 0.0958. The number of hydrogen-bond donors (Lipinski definition) is 1. The molecule has 5 heteroatoms. The average molecular weight is 237 g/mol. The van der Waals surface area contributed by atoms with E-state index in [1.165, 1.54) is 7.05 Å². The molecule has 1 aliphatic carbocycles. The molecular weight excluding hydrogens is 221 g/mol. The number of rotatable bonds is 2. The summed E-state index contributed by atoms with van der Waals surface area (Å²) in [5.74, 6) is -0.988. The van der Waals surface area contributed by atoms with Gasteiger partial charge in [-0.25, -0.2) is 4.68 Å². The number of aromatic nitrogens is 2. The van der Waals surface area contributed by atoms with Crippen LogP contribution in [-0.4, -0.2) is 15.7 Å². The molecule has 0 unspecified atom stereocenters. The van der Waals surface area contributed by atoms with Crippen LogP contribution in [0.25, 0.3) is 0 Å². The van der Waals surface area contributed by atoms with Crippen molar-refractivity contribution in [1.82, 2.24) is 15.1 Å². The van der Waals surface area contributed by atoms with Gasteiger partial charge in [0.15, 0.2) is 0 Å². The zero-order valence-corrected chi connectivity index (χ0v) is 10.1. The van der Waals surface area contributed by atoms with Crippen molar-refractivity contribution < 1.29 is 9.18 Å². The van der Waals surface area contributed by atoms with Gasteiger partial charge in [0.1, 0.15) is 5.56 Å². The van der Waals surface area contributed by atoms with Gasteiger partial charge in [-0.15, -0.1) is 0 Å². The SMILES string of the molecule is Cc1nn(C)c(F)c1C(=O)NC1=CCCCC1. The van der Waals surface area contributed by atoms with E-state index in [1.54, 1.807) is 6.92 Å². The van der Waals surface area contributed by atoms with Gasteiger partial charge in [0.25, 0.3) is 5.91 Å². The predicted octanol–water partition coefficient (Wildman–Crippen LogP) is 2.06. The highest BCUT2D eigenvalue weighted by Crippen LogP contribution is 2.17. The van der Waals surface area contributed by atoms with E-state index in [4.69, 9.17) is 0 Å². The van der Waals surface area contributed by atoms with Gasteiger partial charge in [0.2, 0.25) is 5.95 Å². The molecule has 0 fully saturated rings. The summed E-state index contributed by atoms with van der Waals surface area (Å²) in [4.78, 5) is 11.9. The minimum absolute atomic E-state index is 0.0407. The second-order valence-corrected chi connectivity index (χ2v) is 4.30. The molecule has 1 aromatic heterocycles. The normalized spacial score (nSPS) is 15.6. The third kappa shape index (κ3) is 2.38. The first-order valence-corrected chi connectivity index (χ1v) is 5.79. The first kappa shape index (κ1) is 11.8. The smallest absolute Gasteiger partial charge is 0.261 e. The molecule has 17 heavy (non-hydrogen) atoms. The van der Waals surface area contributed by atoms with Crippen LogP contribution in [0.4, 0.5) is 4.39 Å². The van der Waals surface area contributed by atoms with Crippen LogP contribution >= 0.6 is 0 Å². The van der Waals surface area contributed by atoms with Crippen molar-refractivity contribution in [3.05, 3.63) is 29.0 Å². The van der Waals surface area contributed by atoms with Crippen LogP contribution in [0.1, 0.15) is 41.7 Å². The highest BCUT2D eigenvalue weighted by molar-refractivity contribution is 5.96. The first-order chi connectivity index (χ1) is 8.09. The predicted molar refractivity (Wildman–Crippen MR) is 61.9 cm³/mol. The maximum absolute atomic E-state index is 13.6. The van der Waals surface area contributed by atoms with Gasteiger partial charge in [0, 0.05) is 12.7 Å². The Hall–Kier alpha value is -1.65. The Morgan fingerprint density at radius 3 is 2.82 bits per heavy atom. The second-order valence-electron chi connectivity index (χ2n) is 4.30. The van der Waals surface area contributed by atoms with Crippen LogP contribution in [0.3, 0.4) is 0 Å². The topological polar surface area (TPSA) is 46.9 Å². The number of halogens is 1. The molecule has 0 aromatic carbocycles. The van der Waals surface area contributed by atoms with Crippen LogP contribution in [-0.2, 0) is 7.05 Å². The Bertz CT molecular complexity index is 476. The van der Waals surface area contributed by atoms with Crippen LogP contribution in [0.5, 0.6) is 0 Å². The molecule has 0 radical (unpaired) electrons. The van der Waals surface area contributed by atoms with Crippen LogP contribution in [0.15, 0.2) is 11.8 Å². The molecule has 0 saturated carbocycles. The van der Waals surface area contributed by atoms with Crippen molar-refractivity contribution in [2.45, 2.75) is 32.6 Å². The van der Waals surface area contributed by atoms with E-state index in [0.29, 0.717) is 5.69 Å². The maximum Gasteiger partial charge on any atom is 0.261 e. The zero-order chi connectivity index (χ0) is 12.4. The highest BCUT2D eigenvalue weighted by Gasteiger charge is 2.21. The van der Waals surface area contributed by atoms with Gasteiger partial charge in [-0.1, -0.05) is 6.08 Å². The quantitative estimate of drug-likeness (QED) is 0.855. The molecule has 0 spiro atoms. The summed E-state index contributed by atoms with van der Waals surface area (Å²) in [6.07, 6.45) is 6.06. The Kier molecular flexibility index (Phi) is 3.26. The Labute approximate surface area is 99.5 Å². The van der Waals surface area contributed by atoms with E-state index in [2.05, 4.69) is 10.4 Å². The molecule has 1 aromatic rings. The molecule has 0 aliphatic heterocycles. The summed E-state index contributed by atoms with van der Waals surface area (Å²) in [5.41, 5.74) is 1.35. The van der Waals surface area contributed by atoms with E-state index in [1.807, 2.05) is 6.08 Å². The third-order valence-electron chi connectivity index (χ3n) is 2.94. The monoisotopic (exact) mass is 237 g/mol. The third-order valence-corrected chi connectivity index (χ3v) is 2.94. The molecule has 0 bridgehead atoms. The Morgan fingerprint density at radius 1 is 1.53 bits per heavy atom. The molecule has 0 saturated heterocycles. The summed E-state index contributed by atoms with van der Waals surface area (Å²) < 4.78 is 14.7. The number of amides is 1. The number of nitrogens with one attached hydrogen (secondary N) is 1. The molecule has 92 valence electrons. The number of hydrogen-bond acceptors (Lipinski definition) is 2. The van der Waals surface area contributed by atoms with Crippen molar-refractivity contribution in [3.63, 3.8) is 0 Å². The summed E-state index contributed by atoms with van der Waals surface area (Å²) >= 11 is 0. The number of aryl methyl sites for hydroxylation is 2. The fourth-order valence-electron chi connectivity index (χ4n) is 2.05. The molecule has 1 N–H and O–H groups in total. The molecule has 2 rings (SSSR count). The number of nitrogens with zero attached hydrogens (tertiary/aromatic N) is 2. The lowest BCUT2D eigenvalue weighted by Crippen LogP contribution is -2.25. The summed E-state index contributed by atoms with van der Waals surface area (Å²) in [5, 5.41) is 6.65. The largest absolute Gasteiger partial charge is 0.326 e. The van der Waals surface area contributed by atoms with Crippen molar-refractivity contribution >= 4 is 5.91 Å². The van der Waals surface area contributed by atoms with Crippen LogP contribution < -0.4 is 5.32 Å². The lowest BCUT2D eigenvalue weighted by atomic mass is 10.0. The van der Waals surface area contributed by atoms with Gasteiger partial charge < -0.3 is 5.32 Å². The van der Waals surface area contributed by atoms with Gasteiger partial charge >= 0.3 is 0 Å². The zero-order valence-electron chi connectivity index (χ0n) is 10.1. The molecule has 0 atom stereocenters. The van der Waals surface area contributed by atoms with Crippen molar-refractivity contribution in [2.75, 3.05) is 0 Å². The maximum atomic E-state index is 13.6. The van der Waals surface area contributed by atoms with Gasteiger partial charge in [0.05, 0.1) is 5.69 Å². The highest BCUT2D eigenvalue weighted by atomic mass is 19.1. The van der Waals surface area contributed by atoms with Crippen molar-refractivity contribution in [1.29, 1.82) is 0 Å². The van der Waals surface area contributed by atoms with Crippen LogP contribution in [0.2, 0.25) is 0 Å². The fraction of sp³-hybridized carbons (Fsp3) is 0.500.